The van der Waals surface area contributed by atoms with Gasteiger partial charge in [0.15, 0.2) is 0 Å². The van der Waals surface area contributed by atoms with Gasteiger partial charge in [-0.2, -0.15) is 0 Å². The number of rotatable bonds is 3. The summed E-state index contributed by atoms with van der Waals surface area (Å²) in [7, 11) is 0. The second-order valence-corrected chi connectivity index (χ2v) is 4.08. The van der Waals surface area contributed by atoms with E-state index in [1.54, 1.807) is 6.26 Å². The van der Waals surface area contributed by atoms with Gasteiger partial charge in [0.05, 0.1) is 12.8 Å². The predicted octanol–water partition coefficient (Wildman–Crippen LogP) is 2.56. The summed E-state index contributed by atoms with van der Waals surface area (Å²) < 4.78 is 5.26. The molecule has 0 aromatic carbocycles. The van der Waals surface area contributed by atoms with E-state index >= 15 is 0 Å². The largest absolute Gasteiger partial charge is 0.468 e. The molecule has 1 aliphatic rings. The Balaban J connectivity index is 1.74. The summed E-state index contributed by atoms with van der Waals surface area (Å²) in [6.07, 6.45) is 5.74. The van der Waals surface area contributed by atoms with Crippen LogP contribution in [0.15, 0.2) is 22.8 Å². The van der Waals surface area contributed by atoms with E-state index in [2.05, 4.69) is 12.2 Å². The number of hydrogen-bond acceptors (Lipinski definition) is 2. The van der Waals surface area contributed by atoms with Gasteiger partial charge in [0.2, 0.25) is 0 Å². The van der Waals surface area contributed by atoms with Crippen LogP contribution >= 0.6 is 0 Å². The van der Waals surface area contributed by atoms with Crippen molar-refractivity contribution in [2.45, 2.75) is 38.8 Å². The molecule has 0 bridgehead atoms. The van der Waals surface area contributed by atoms with Crippen molar-refractivity contribution in [3.05, 3.63) is 24.2 Å². The van der Waals surface area contributed by atoms with Crippen LogP contribution in [0.2, 0.25) is 0 Å². The summed E-state index contributed by atoms with van der Waals surface area (Å²) in [5, 5.41) is 3.52. The molecule has 2 nitrogen and oxygen atoms in total. The lowest BCUT2D eigenvalue weighted by atomic mass is 10.1. The lowest BCUT2D eigenvalue weighted by molar-refractivity contribution is 0.439. The molecule has 2 atom stereocenters. The van der Waals surface area contributed by atoms with Gasteiger partial charge in [0, 0.05) is 6.04 Å². The molecule has 1 fully saturated rings. The number of hydrogen-bond donors (Lipinski definition) is 1. The van der Waals surface area contributed by atoms with Crippen molar-refractivity contribution in [1.29, 1.82) is 0 Å². The molecule has 1 aromatic rings. The molecule has 1 aliphatic carbocycles. The molecule has 0 saturated heterocycles. The standard InChI is InChI=1S/C11H17NO/c1-9-4-5-10(7-9)12-8-11-3-2-6-13-11/h2-3,6,9-10,12H,4-5,7-8H2,1H3. The van der Waals surface area contributed by atoms with Crippen LogP contribution in [0.3, 0.4) is 0 Å². The molecule has 2 rings (SSSR count). The third kappa shape index (κ3) is 2.34. The molecule has 0 radical (unpaired) electrons. The summed E-state index contributed by atoms with van der Waals surface area (Å²) in [4.78, 5) is 0. The van der Waals surface area contributed by atoms with Crippen molar-refractivity contribution < 1.29 is 4.42 Å². The Morgan fingerprint density at radius 1 is 1.54 bits per heavy atom. The Bertz CT molecular complexity index is 243. The summed E-state index contributed by atoms with van der Waals surface area (Å²) in [6.45, 7) is 3.21. The van der Waals surface area contributed by atoms with Crippen molar-refractivity contribution >= 4 is 0 Å². The molecule has 2 unspecified atom stereocenters. The van der Waals surface area contributed by atoms with E-state index in [0.29, 0.717) is 6.04 Å². The Hall–Kier alpha value is -0.760. The quantitative estimate of drug-likeness (QED) is 0.771. The lowest BCUT2D eigenvalue weighted by Crippen LogP contribution is -2.25. The van der Waals surface area contributed by atoms with Gasteiger partial charge in [-0.05, 0) is 37.3 Å². The molecule has 2 heteroatoms. The van der Waals surface area contributed by atoms with Gasteiger partial charge in [0.25, 0.3) is 0 Å². The molecule has 0 aliphatic heterocycles. The van der Waals surface area contributed by atoms with Crippen LogP contribution < -0.4 is 5.32 Å². The molecule has 13 heavy (non-hydrogen) atoms. The zero-order valence-corrected chi connectivity index (χ0v) is 8.12. The highest BCUT2D eigenvalue weighted by atomic mass is 16.3. The van der Waals surface area contributed by atoms with Crippen molar-refractivity contribution in [1.82, 2.24) is 5.32 Å². The van der Waals surface area contributed by atoms with Gasteiger partial charge in [0.1, 0.15) is 5.76 Å². The highest BCUT2D eigenvalue weighted by Gasteiger charge is 2.20. The first-order valence-electron chi connectivity index (χ1n) is 5.10. The van der Waals surface area contributed by atoms with Crippen LogP contribution in [0, 0.1) is 5.92 Å². The van der Waals surface area contributed by atoms with Gasteiger partial charge in [-0.3, -0.25) is 0 Å². The minimum Gasteiger partial charge on any atom is -0.468 e. The van der Waals surface area contributed by atoms with E-state index in [1.165, 1.54) is 19.3 Å². The van der Waals surface area contributed by atoms with Crippen molar-refractivity contribution in [3.8, 4) is 0 Å². The van der Waals surface area contributed by atoms with Gasteiger partial charge in [-0.25, -0.2) is 0 Å². The van der Waals surface area contributed by atoms with E-state index in [1.807, 2.05) is 12.1 Å². The smallest absolute Gasteiger partial charge is 0.117 e. The van der Waals surface area contributed by atoms with Crippen LogP contribution in [0.1, 0.15) is 31.9 Å². The van der Waals surface area contributed by atoms with E-state index < -0.39 is 0 Å². The maximum atomic E-state index is 5.26. The van der Waals surface area contributed by atoms with Gasteiger partial charge in [-0.15, -0.1) is 0 Å². The maximum Gasteiger partial charge on any atom is 0.117 e. The second kappa shape index (κ2) is 3.97. The highest BCUT2D eigenvalue weighted by Crippen LogP contribution is 2.24. The molecule has 0 spiro atoms. The van der Waals surface area contributed by atoms with E-state index in [9.17, 15) is 0 Å². The first kappa shape index (κ1) is 8.82. The van der Waals surface area contributed by atoms with Crippen LogP contribution in [-0.4, -0.2) is 6.04 Å². The fraction of sp³-hybridized carbons (Fsp3) is 0.636. The second-order valence-electron chi connectivity index (χ2n) is 4.08. The fourth-order valence-electron chi connectivity index (χ4n) is 2.05. The molecular weight excluding hydrogens is 162 g/mol. The Kier molecular flexibility index (Phi) is 2.69. The molecule has 72 valence electrons. The minimum absolute atomic E-state index is 0.708. The molecule has 1 saturated carbocycles. The van der Waals surface area contributed by atoms with Crippen molar-refractivity contribution in [2.24, 2.45) is 5.92 Å². The predicted molar refractivity (Wildman–Crippen MR) is 52.4 cm³/mol. The summed E-state index contributed by atoms with van der Waals surface area (Å²) in [6, 6.07) is 4.67. The topological polar surface area (TPSA) is 25.2 Å². The SMILES string of the molecule is CC1CCC(NCc2ccco2)C1. The molecular formula is C11H17NO. The third-order valence-electron chi connectivity index (χ3n) is 2.84. The molecule has 1 N–H and O–H groups in total. The number of furan rings is 1. The Morgan fingerprint density at radius 3 is 3.08 bits per heavy atom. The molecule has 1 aromatic heterocycles. The molecule has 1 heterocycles. The maximum absolute atomic E-state index is 5.26. The van der Waals surface area contributed by atoms with E-state index in [4.69, 9.17) is 4.42 Å². The van der Waals surface area contributed by atoms with Gasteiger partial charge in [-0.1, -0.05) is 6.92 Å². The third-order valence-corrected chi connectivity index (χ3v) is 2.84. The Labute approximate surface area is 79.3 Å². The Morgan fingerprint density at radius 2 is 2.46 bits per heavy atom. The molecule has 0 amide bonds. The lowest BCUT2D eigenvalue weighted by Gasteiger charge is -2.10. The van der Waals surface area contributed by atoms with Crippen LogP contribution in [0.25, 0.3) is 0 Å². The highest BCUT2D eigenvalue weighted by molar-refractivity contribution is 4.98. The van der Waals surface area contributed by atoms with Crippen LogP contribution in [0.5, 0.6) is 0 Å². The zero-order chi connectivity index (χ0) is 9.10. The van der Waals surface area contributed by atoms with Gasteiger partial charge < -0.3 is 9.73 Å². The first-order valence-corrected chi connectivity index (χ1v) is 5.10. The normalized spacial score (nSPS) is 28.1. The minimum atomic E-state index is 0.708. The van der Waals surface area contributed by atoms with Crippen LogP contribution in [0.4, 0.5) is 0 Å². The monoisotopic (exact) mass is 179 g/mol. The summed E-state index contributed by atoms with van der Waals surface area (Å²) >= 11 is 0. The average molecular weight is 179 g/mol. The first-order chi connectivity index (χ1) is 6.34. The summed E-state index contributed by atoms with van der Waals surface area (Å²) in [5.74, 6) is 1.94. The van der Waals surface area contributed by atoms with E-state index in [-0.39, 0.29) is 0 Å². The average Bonchev–Trinajstić information content (AvgIpc) is 2.71. The fourth-order valence-corrected chi connectivity index (χ4v) is 2.05. The van der Waals surface area contributed by atoms with Crippen molar-refractivity contribution in [3.63, 3.8) is 0 Å². The van der Waals surface area contributed by atoms with Crippen molar-refractivity contribution in [2.75, 3.05) is 0 Å². The summed E-state index contributed by atoms with van der Waals surface area (Å²) in [5.41, 5.74) is 0. The van der Waals surface area contributed by atoms with E-state index in [0.717, 1.165) is 18.2 Å². The van der Waals surface area contributed by atoms with Gasteiger partial charge >= 0.3 is 0 Å². The van der Waals surface area contributed by atoms with Crippen LogP contribution in [-0.2, 0) is 6.54 Å². The zero-order valence-electron chi connectivity index (χ0n) is 8.12. The number of nitrogens with one attached hydrogen (secondary N) is 1.